The second kappa shape index (κ2) is 51.7. The molecule has 0 aliphatic carbocycles. The van der Waals surface area contributed by atoms with Gasteiger partial charge in [0.1, 0.15) is 44.2 Å². The van der Waals surface area contributed by atoms with Crippen molar-refractivity contribution in [3.8, 4) is 11.5 Å². The molecule has 5 amide bonds. The van der Waals surface area contributed by atoms with Crippen LogP contribution in [-0.2, 0) is 86.9 Å². The average Bonchev–Trinajstić information content (AvgIpc) is 0.804. The zero-order valence-electron chi connectivity index (χ0n) is 77.5. The van der Waals surface area contributed by atoms with Crippen LogP contribution in [0, 0.1) is 6.92 Å². The van der Waals surface area contributed by atoms with Gasteiger partial charge in [-0.15, -0.1) is 0 Å². The van der Waals surface area contributed by atoms with E-state index in [1.54, 1.807) is 273 Å². The zero-order chi connectivity index (χ0) is 102. The van der Waals surface area contributed by atoms with Crippen LogP contribution in [0.5, 0.6) is 11.5 Å². The Kier molecular flexibility index (Phi) is 39.1. The molecule has 732 valence electrons. The number of hydrogen-bond acceptors (Lipinski definition) is 17. The minimum Gasteiger partial charge on any atom is -0.495 e. The number of methoxy groups -OCH3 is 2. The number of amides is 5. The number of anilines is 10. The lowest BCUT2D eigenvalue weighted by molar-refractivity contribution is -0.115. The number of hydrogen-bond donors (Lipinski definition) is 5. The number of carbonyl (C=O) groups is 5. The van der Waals surface area contributed by atoms with Crippen molar-refractivity contribution in [1.82, 2.24) is 0 Å². The Bertz CT molecular complexity index is 7350. The van der Waals surface area contributed by atoms with E-state index in [0.29, 0.717) is 67.7 Å². The first kappa shape index (κ1) is 107. The lowest BCUT2D eigenvalue weighted by Gasteiger charge is -2.26. The van der Waals surface area contributed by atoms with Crippen LogP contribution in [0.2, 0.25) is 15.1 Å². The summed E-state index contributed by atoms with van der Waals surface area (Å²) in [6, 6.07) is 113. The van der Waals surface area contributed by atoms with Gasteiger partial charge in [-0.3, -0.25) is 45.5 Å². The van der Waals surface area contributed by atoms with E-state index in [0.717, 1.165) is 40.3 Å². The second-order valence-electron chi connectivity index (χ2n) is 30.8. The van der Waals surface area contributed by atoms with Crippen LogP contribution in [0.1, 0.15) is 30.5 Å². The van der Waals surface area contributed by atoms with Crippen LogP contribution in [0.3, 0.4) is 0 Å². The summed E-state index contributed by atoms with van der Waals surface area (Å²) in [4.78, 5) is 63.6. The van der Waals surface area contributed by atoms with E-state index in [1.165, 1.54) is 97.4 Å². The first-order valence-corrected chi connectivity index (χ1v) is 52.3. The third kappa shape index (κ3) is 30.0. The number of nitrogens with one attached hydrogen (secondary N) is 5. The Balaban J connectivity index is 0.000000169. The van der Waals surface area contributed by atoms with Crippen molar-refractivity contribution < 1.29 is 75.5 Å². The van der Waals surface area contributed by atoms with Crippen LogP contribution < -0.4 is 57.6 Å². The number of ether oxygens (including phenoxy) is 2. The minimum atomic E-state index is -4.06. The molecule has 0 saturated heterocycles. The van der Waals surface area contributed by atoms with Gasteiger partial charge in [0.15, 0.2) is 0 Å². The largest absolute Gasteiger partial charge is 0.495 e. The van der Waals surface area contributed by atoms with Gasteiger partial charge in [0.2, 0.25) is 29.5 Å². The van der Waals surface area contributed by atoms with E-state index in [-0.39, 0.29) is 59.7 Å². The lowest BCUT2D eigenvalue weighted by atomic mass is 10.1. The van der Waals surface area contributed by atoms with Crippen LogP contribution in [-0.4, -0.2) is 119 Å². The minimum absolute atomic E-state index is 0.0403. The highest BCUT2D eigenvalue weighted by Gasteiger charge is 2.35. The van der Waals surface area contributed by atoms with Gasteiger partial charge in [0.25, 0.3) is 50.1 Å². The molecule has 0 saturated carbocycles. The summed E-state index contributed by atoms with van der Waals surface area (Å²) < 4.78 is 149. The van der Waals surface area contributed by atoms with Crippen LogP contribution >= 0.6 is 34.8 Å². The molecule has 15 rings (SSSR count). The maximum Gasteiger partial charge on any atom is 0.264 e. The summed E-state index contributed by atoms with van der Waals surface area (Å²) in [7, 11) is -17.0. The maximum absolute atomic E-state index is 13.4. The molecule has 0 atom stereocenters. The van der Waals surface area contributed by atoms with E-state index in [2.05, 4.69) is 26.6 Å². The van der Waals surface area contributed by atoms with Gasteiger partial charge in [-0.25, -0.2) is 42.1 Å². The Labute approximate surface area is 843 Å². The van der Waals surface area contributed by atoms with Crippen LogP contribution in [0.4, 0.5) is 56.9 Å². The third-order valence-electron chi connectivity index (χ3n) is 20.8. The molecule has 0 aromatic heterocycles. The van der Waals surface area contributed by atoms with Crippen molar-refractivity contribution in [3.05, 3.63) is 438 Å². The maximum atomic E-state index is 13.4. The molecule has 5 N–H and O–H groups in total. The zero-order valence-corrected chi connectivity index (χ0v) is 83.8. The van der Waals surface area contributed by atoms with Crippen molar-refractivity contribution in [3.63, 3.8) is 0 Å². The molecule has 35 heteroatoms. The molecular formula is C107H101Cl3N10O17S5. The van der Waals surface area contributed by atoms with Crippen LogP contribution in [0.25, 0.3) is 0 Å². The normalized spacial score (nSPS) is 11.0. The van der Waals surface area contributed by atoms with Crippen molar-refractivity contribution in [1.29, 1.82) is 0 Å². The molecule has 0 unspecified atom stereocenters. The smallest absolute Gasteiger partial charge is 0.264 e. The van der Waals surface area contributed by atoms with Gasteiger partial charge in [0.05, 0.1) is 72.2 Å². The molecule has 27 nitrogen and oxygen atoms in total. The summed E-state index contributed by atoms with van der Waals surface area (Å²) in [5.74, 6) is -1.64. The standard InChI is InChI=1S/C22H22N2O4S.2C22H22N2O3S.C21H19ClN2O4S.C20H16Cl2N2O3S/c1-17-13-14-20(21(15-17)28-2)24(29(26,27)19-11-7-4-8-12-19)16-22(25)23-18-9-5-3-6-10-18;1-2-18-11-9-10-16-21(18)24(28(26,27)20-14-7-4-8-15-20)17-22(25)23-19-12-5-3-6-13-19;1-2-18-13-15-20(16-14-18)24(28(26,27)21-11-7-4-8-12-21)17-22(25)23-19-9-5-3-6-10-19;1-28-20-13-12-16(22)14-19(20)24(29(26,27)18-10-6-3-7-11-18)15-21(25)23-17-8-4-2-5-9-17;21-15-11-12-18(22)19(13-15)24(28(26,27)17-9-5-2-6-10-17)14-20(25)23-16-7-3-1-4-8-16/h3-15H,16H2,1-2H3,(H,23,25);2*3-16H,2,17H2,1H3,(H,23,25);2-14H,15H2,1H3,(H,23,25);1-13H,14H2,(H,23,25). The Morgan fingerprint density at radius 3 is 0.845 bits per heavy atom. The predicted molar refractivity (Wildman–Crippen MR) is 564 cm³/mol. The lowest BCUT2D eigenvalue weighted by Crippen LogP contribution is -2.38. The number of rotatable bonds is 34. The first-order valence-electron chi connectivity index (χ1n) is 44.0. The number of para-hydroxylation sites is 6. The fourth-order valence-electron chi connectivity index (χ4n) is 13.9. The molecule has 0 bridgehead atoms. The summed E-state index contributed by atoms with van der Waals surface area (Å²) in [5, 5.41) is 14.4. The second-order valence-corrected chi connectivity index (χ2v) is 41.4. The molecule has 0 radical (unpaired) electrons. The van der Waals surface area contributed by atoms with Gasteiger partial charge >= 0.3 is 0 Å². The SMILES string of the molecule is CCc1ccc(N(CC(=O)Nc2ccccc2)S(=O)(=O)c2ccccc2)cc1.CCc1ccccc1N(CC(=O)Nc1ccccc1)S(=O)(=O)c1ccccc1.COc1cc(C)ccc1N(CC(=O)Nc1ccccc1)S(=O)(=O)c1ccccc1.COc1ccc(Cl)cc1N(CC(=O)Nc1ccccc1)S(=O)(=O)c1ccccc1.O=C(CN(c1cc(Cl)ccc1Cl)S(=O)(=O)c1ccccc1)Nc1ccccc1. The number of sulfonamides is 5. The molecule has 142 heavy (non-hydrogen) atoms. The molecule has 15 aromatic rings. The topological polar surface area (TPSA) is 351 Å². The van der Waals surface area contributed by atoms with E-state index in [1.807, 2.05) is 75.4 Å². The first-order chi connectivity index (χ1) is 68.2. The fourth-order valence-corrected chi connectivity index (χ4v) is 21.7. The van der Waals surface area contributed by atoms with E-state index in [9.17, 15) is 66.1 Å². The number of benzene rings is 15. The van der Waals surface area contributed by atoms with Crippen molar-refractivity contribution in [2.75, 3.05) is 95.1 Å². The predicted octanol–water partition coefficient (Wildman–Crippen LogP) is 21.0. The highest BCUT2D eigenvalue weighted by atomic mass is 35.5. The summed E-state index contributed by atoms with van der Waals surface area (Å²) >= 11 is 18.4. The molecule has 0 aliphatic heterocycles. The van der Waals surface area contributed by atoms with Gasteiger partial charge in [-0.2, -0.15) is 0 Å². The number of halogens is 3. The molecule has 15 aromatic carbocycles. The average molecular weight is 2070 g/mol. The molecule has 0 fully saturated rings. The fraction of sp³-hybridized carbons (Fsp3) is 0.112. The summed E-state index contributed by atoms with van der Waals surface area (Å²) in [5.41, 5.74) is 7.36. The van der Waals surface area contributed by atoms with Crippen molar-refractivity contribution in [2.45, 2.75) is 58.1 Å². The van der Waals surface area contributed by atoms with Gasteiger partial charge in [-0.1, -0.05) is 267 Å². The van der Waals surface area contributed by atoms with E-state index < -0.39 is 99.3 Å². The number of carbonyl (C=O) groups excluding carboxylic acids is 5. The summed E-state index contributed by atoms with van der Waals surface area (Å²) in [6.07, 6.45) is 1.50. The number of nitrogens with zero attached hydrogens (tertiary/aromatic N) is 5. The third-order valence-corrected chi connectivity index (χ3v) is 30.5. The van der Waals surface area contributed by atoms with Gasteiger partial charge in [0, 0.05) is 38.5 Å². The molecular weight excluding hydrogens is 1960 g/mol. The van der Waals surface area contributed by atoms with Crippen LogP contribution in [0.15, 0.2) is 431 Å². The molecule has 0 heterocycles. The van der Waals surface area contributed by atoms with Gasteiger partial charge < -0.3 is 36.1 Å². The highest BCUT2D eigenvalue weighted by Crippen LogP contribution is 2.39. The monoisotopic (exact) mass is 2060 g/mol. The quantitative estimate of drug-likeness (QED) is 0.0250. The summed E-state index contributed by atoms with van der Waals surface area (Å²) in [6.45, 7) is 3.91. The van der Waals surface area contributed by atoms with Gasteiger partial charge in [-0.05, 0) is 225 Å². The van der Waals surface area contributed by atoms with Crippen molar-refractivity contribution in [2.24, 2.45) is 0 Å². The highest BCUT2D eigenvalue weighted by molar-refractivity contribution is 7.94. The molecule has 0 spiro atoms. The van der Waals surface area contributed by atoms with E-state index in [4.69, 9.17) is 44.3 Å². The number of aryl methyl sites for hydroxylation is 3. The van der Waals surface area contributed by atoms with Crippen molar-refractivity contribution >= 4 is 171 Å². The van der Waals surface area contributed by atoms with E-state index >= 15 is 0 Å². The Morgan fingerprint density at radius 1 is 0.261 bits per heavy atom. The Morgan fingerprint density at radius 2 is 0.528 bits per heavy atom. The Hall–Kier alpha value is -15.1. The molecule has 0 aliphatic rings.